The molecule has 2 bridgehead atoms. The van der Waals surface area contributed by atoms with Crippen molar-refractivity contribution in [1.82, 2.24) is 10.2 Å². The Bertz CT molecular complexity index is 348. The summed E-state index contributed by atoms with van der Waals surface area (Å²) in [4.78, 5) is 4.14. The van der Waals surface area contributed by atoms with Crippen LogP contribution in [0.3, 0.4) is 0 Å². The van der Waals surface area contributed by atoms with E-state index >= 15 is 0 Å². The zero-order valence-corrected chi connectivity index (χ0v) is 11.5. The Balaban J connectivity index is 1.76. The van der Waals surface area contributed by atoms with E-state index in [1.807, 2.05) is 11.3 Å². The first-order valence-corrected chi connectivity index (χ1v) is 7.60. The lowest BCUT2D eigenvalue weighted by Crippen LogP contribution is -2.43. The zero-order chi connectivity index (χ0) is 11.8. The van der Waals surface area contributed by atoms with E-state index in [2.05, 4.69) is 41.8 Å². The third-order valence-corrected chi connectivity index (χ3v) is 5.72. The lowest BCUT2D eigenvalue weighted by atomic mass is 9.84. The van der Waals surface area contributed by atoms with Crippen molar-refractivity contribution >= 4 is 11.3 Å². The Morgan fingerprint density at radius 3 is 2.59 bits per heavy atom. The smallest absolute Gasteiger partial charge is 0.0442 e. The van der Waals surface area contributed by atoms with Crippen LogP contribution in [0, 0.1) is 5.92 Å². The quantitative estimate of drug-likeness (QED) is 0.887. The molecule has 1 N–H and O–H groups in total. The van der Waals surface area contributed by atoms with Crippen molar-refractivity contribution < 1.29 is 0 Å². The first kappa shape index (κ1) is 11.7. The van der Waals surface area contributed by atoms with E-state index in [4.69, 9.17) is 0 Å². The number of nitrogens with zero attached hydrogens (tertiary/aromatic N) is 1. The summed E-state index contributed by atoms with van der Waals surface area (Å²) in [6, 6.07) is 6.72. The molecule has 1 aromatic heterocycles. The number of hydrogen-bond acceptors (Lipinski definition) is 3. The fourth-order valence-corrected chi connectivity index (χ4v) is 4.73. The van der Waals surface area contributed by atoms with Crippen LogP contribution in [0.15, 0.2) is 17.5 Å². The van der Waals surface area contributed by atoms with Gasteiger partial charge in [-0.25, -0.2) is 0 Å². The van der Waals surface area contributed by atoms with Crippen LogP contribution < -0.4 is 5.32 Å². The van der Waals surface area contributed by atoms with Crippen molar-refractivity contribution in [1.29, 1.82) is 0 Å². The Morgan fingerprint density at radius 2 is 2.06 bits per heavy atom. The van der Waals surface area contributed by atoms with Gasteiger partial charge >= 0.3 is 0 Å². The van der Waals surface area contributed by atoms with Gasteiger partial charge in [0.1, 0.15) is 0 Å². The van der Waals surface area contributed by atoms with Gasteiger partial charge in [-0.1, -0.05) is 6.07 Å². The van der Waals surface area contributed by atoms with Crippen molar-refractivity contribution in [2.75, 3.05) is 14.1 Å². The van der Waals surface area contributed by atoms with Crippen molar-refractivity contribution in [2.24, 2.45) is 5.92 Å². The topological polar surface area (TPSA) is 15.3 Å². The summed E-state index contributed by atoms with van der Waals surface area (Å²) in [6.45, 7) is 0. The highest BCUT2D eigenvalue weighted by Gasteiger charge is 2.41. The third-order valence-electron chi connectivity index (χ3n) is 4.77. The second-order valence-electron chi connectivity index (χ2n) is 5.56. The van der Waals surface area contributed by atoms with Crippen LogP contribution in [-0.2, 0) is 0 Å². The molecule has 0 amide bonds. The van der Waals surface area contributed by atoms with Crippen LogP contribution in [-0.4, -0.2) is 31.1 Å². The van der Waals surface area contributed by atoms with Gasteiger partial charge in [0.15, 0.2) is 0 Å². The summed E-state index contributed by atoms with van der Waals surface area (Å²) < 4.78 is 0. The van der Waals surface area contributed by atoms with Gasteiger partial charge in [0.25, 0.3) is 0 Å². The average Bonchev–Trinajstić information content (AvgIpc) is 2.88. The highest BCUT2D eigenvalue weighted by molar-refractivity contribution is 7.10. The van der Waals surface area contributed by atoms with E-state index in [9.17, 15) is 0 Å². The Labute approximate surface area is 108 Å². The van der Waals surface area contributed by atoms with E-state index in [0.29, 0.717) is 6.04 Å². The number of piperidine rings is 1. The van der Waals surface area contributed by atoms with Crippen LogP contribution >= 0.6 is 11.3 Å². The van der Waals surface area contributed by atoms with Gasteiger partial charge < -0.3 is 10.2 Å². The molecule has 2 fully saturated rings. The maximum absolute atomic E-state index is 3.55. The van der Waals surface area contributed by atoms with Crippen LogP contribution in [0.4, 0.5) is 0 Å². The normalized spacial score (nSPS) is 35.1. The molecule has 2 aliphatic rings. The molecule has 3 rings (SSSR count). The first-order valence-electron chi connectivity index (χ1n) is 6.72. The number of rotatable bonds is 3. The molecule has 0 spiro atoms. The van der Waals surface area contributed by atoms with E-state index in [1.165, 1.54) is 30.6 Å². The van der Waals surface area contributed by atoms with E-state index in [-0.39, 0.29) is 0 Å². The summed E-state index contributed by atoms with van der Waals surface area (Å²) in [5.41, 5.74) is 0. The van der Waals surface area contributed by atoms with Crippen LogP contribution in [0.1, 0.15) is 36.6 Å². The summed E-state index contributed by atoms with van der Waals surface area (Å²) in [5.74, 6) is 0.826. The standard InChI is InChI=1S/C14H22N2S/c1-15-14(13-4-3-7-17-13)10-8-11-5-6-12(9-10)16(11)2/h3-4,7,10-12,14-15H,5-6,8-9H2,1-2H3. The highest BCUT2D eigenvalue weighted by Crippen LogP contribution is 2.43. The second-order valence-corrected chi connectivity index (χ2v) is 6.54. The number of thiophene rings is 1. The molecule has 2 nitrogen and oxygen atoms in total. The molecule has 1 aromatic rings. The van der Waals surface area contributed by atoms with Crippen LogP contribution in [0.2, 0.25) is 0 Å². The van der Waals surface area contributed by atoms with E-state index in [0.717, 1.165) is 18.0 Å². The minimum Gasteiger partial charge on any atom is -0.312 e. The van der Waals surface area contributed by atoms with Crippen LogP contribution in [0.5, 0.6) is 0 Å². The number of fused-ring (bicyclic) bond motifs is 2. The predicted molar refractivity (Wildman–Crippen MR) is 73.4 cm³/mol. The lowest BCUT2D eigenvalue weighted by molar-refractivity contribution is 0.115. The number of nitrogens with one attached hydrogen (secondary N) is 1. The van der Waals surface area contributed by atoms with Crippen molar-refractivity contribution in [3.05, 3.63) is 22.4 Å². The van der Waals surface area contributed by atoms with Gasteiger partial charge in [-0.05, 0) is 57.1 Å². The SMILES string of the molecule is CNC(c1cccs1)C1CC2CCC(C1)N2C. The van der Waals surface area contributed by atoms with Crippen LogP contribution in [0.25, 0.3) is 0 Å². The molecule has 0 radical (unpaired) electrons. The number of hydrogen-bond donors (Lipinski definition) is 1. The Kier molecular flexibility index (Phi) is 3.24. The molecule has 0 aliphatic carbocycles. The van der Waals surface area contributed by atoms with Gasteiger partial charge in [-0.2, -0.15) is 0 Å². The lowest BCUT2D eigenvalue weighted by Gasteiger charge is -2.39. The minimum absolute atomic E-state index is 0.576. The zero-order valence-electron chi connectivity index (χ0n) is 10.7. The van der Waals surface area contributed by atoms with Crippen molar-refractivity contribution in [2.45, 2.75) is 43.8 Å². The van der Waals surface area contributed by atoms with Gasteiger partial charge in [-0.15, -0.1) is 11.3 Å². The highest BCUT2D eigenvalue weighted by atomic mass is 32.1. The molecule has 17 heavy (non-hydrogen) atoms. The molecule has 2 saturated heterocycles. The first-order chi connectivity index (χ1) is 8.29. The maximum atomic E-state index is 3.55. The molecule has 3 unspecified atom stereocenters. The maximum Gasteiger partial charge on any atom is 0.0442 e. The largest absolute Gasteiger partial charge is 0.312 e. The third kappa shape index (κ3) is 2.05. The van der Waals surface area contributed by atoms with Gasteiger partial charge in [-0.3, -0.25) is 0 Å². The molecule has 0 saturated carbocycles. The molecule has 3 atom stereocenters. The second kappa shape index (κ2) is 4.71. The van der Waals surface area contributed by atoms with E-state index in [1.54, 1.807) is 0 Å². The van der Waals surface area contributed by atoms with Crippen molar-refractivity contribution in [3.8, 4) is 0 Å². The molecule has 0 aromatic carbocycles. The van der Waals surface area contributed by atoms with E-state index < -0.39 is 0 Å². The molecule has 94 valence electrons. The molecule has 3 heteroatoms. The summed E-state index contributed by atoms with van der Waals surface area (Å²) in [7, 11) is 4.43. The average molecular weight is 250 g/mol. The Morgan fingerprint density at radius 1 is 1.35 bits per heavy atom. The molecule has 3 heterocycles. The van der Waals surface area contributed by atoms with Gasteiger partial charge in [0.05, 0.1) is 0 Å². The summed E-state index contributed by atoms with van der Waals surface area (Å²) >= 11 is 1.90. The fraction of sp³-hybridized carbons (Fsp3) is 0.714. The Hall–Kier alpha value is -0.380. The molecular formula is C14H22N2S. The monoisotopic (exact) mass is 250 g/mol. The van der Waals surface area contributed by atoms with Gasteiger partial charge in [0, 0.05) is 23.0 Å². The summed E-state index contributed by atoms with van der Waals surface area (Å²) in [6.07, 6.45) is 5.57. The van der Waals surface area contributed by atoms with Crippen molar-refractivity contribution in [3.63, 3.8) is 0 Å². The molecule has 2 aliphatic heterocycles. The van der Waals surface area contributed by atoms with Gasteiger partial charge in [0.2, 0.25) is 0 Å². The predicted octanol–water partition coefficient (Wildman–Crippen LogP) is 2.88. The molecular weight excluding hydrogens is 228 g/mol. The summed E-state index contributed by atoms with van der Waals surface area (Å²) in [5, 5.41) is 5.75. The minimum atomic E-state index is 0.576. The fourth-order valence-electron chi connectivity index (χ4n) is 3.80.